The second-order valence-electron chi connectivity index (χ2n) is 3.18. The van der Waals surface area contributed by atoms with Gasteiger partial charge in [0.1, 0.15) is 0 Å². The number of rotatable bonds is 5. The van der Waals surface area contributed by atoms with Crippen LogP contribution in [0, 0.1) is 0 Å². The van der Waals surface area contributed by atoms with E-state index in [-0.39, 0.29) is 5.91 Å². The molecule has 0 aromatic heterocycles. The molecular formula is C12H14ClNO. The third-order valence-corrected chi connectivity index (χ3v) is 2.10. The van der Waals surface area contributed by atoms with Crippen LogP contribution in [0.1, 0.15) is 12.0 Å². The van der Waals surface area contributed by atoms with Gasteiger partial charge in [-0.3, -0.25) is 4.79 Å². The number of benzene rings is 1. The molecule has 1 aromatic rings. The maximum atomic E-state index is 11.3. The van der Waals surface area contributed by atoms with Crippen LogP contribution in [-0.2, 0) is 11.2 Å². The molecule has 0 atom stereocenters. The molecule has 0 radical (unpaired) electrons. The summed E-state index contributed by atoms with van der Waals surface area (Å²) in [6.45, 7) is 3.67. The van der Waals surface area contributed by atoms with E-state index in [4.69, 9.17) is 11.6 Å². The molecule has 0 aliphatic heterocycles. The lowest BCUT2D eigenvalue weighted by atomic mass is 10.1. The van der Waals surface area contributed by atoms with E-state index in [0.29, 0.717) is 12.3 Å². The molecule has 1 rings (SSSR count). The molecule has 0 bridgehead atoms. The lowest BCUT2D eigenvalue weighted by Crippen LogP contribution is -2.11. The number of allylic oxidation sites excluding steroid dienone is 1. The first-order chi connectivity index (χ1) is 7.26. The number of carbonyl (C=O) groups is 1. The van der Waals surface area contributed by atoms with Crippen molar-refractivity contribution in [1.29, 1.82) is 0 Å². The molecule has 80 valence electrons. The van der Waals surface area contributed by atoms with Gasteiger partial charge in [0.25, 0.3) is 0 Å². The zero-order valence-corrected chi connectivity index (χ0v) is 9.26. The van der Waals surface area contributed by atoms with E-state index in [0.717, 1.165) is 17.7 Å². The van der Waals surface area contributed by atoms with Crippen molar-refractivity contribution >= 4 is 23.2 Å². The molecule has 0 heterocycles. The van der Waals surface area contributed by atoms with Crippen molar-refractivity contribution in [2.75, 3.05) is 11.2 Å². The highest BCUT2D eigenvalue weighted by atomic mass is 35.5. The average molecular weight is 224 g/mol. The fourth-order valence-corrected chi connectivity index (χ4v) is 1.42. The summed E-state index contributed by atoms with van der Waals surface area (Å²) in [6.07, 6.45) is 2.98. The standard InChI is InChI=1S/C12H14ClNO/c1-2-4-10-5-3-6-11(9-10)14-12(15)7-8-13/h2-3,5-6,9H,1,4,7-8H2,(H,14,15). The quantitative estimate of drug-likeness (QED) is 0.604. The van der Waals surface area contributed by atoms with E-state index in [1.165, 1.54) is 0 Å². The molecule has 0 aliphatic carbocycles. The minimum absolute atomic E-state index is 0.0549. The molecule has 1 N–H and O–H groups in total. The minimum atomic E-state index is -0.0549. The Morgan fingerprint density at radius 1 is 1.53 bits per heavy atom. The molecule has 0 spiro atoms. The molecule has 0 aliphatic rings. The predicted octanol–water partition coefficient (Wildman–Crippen LogP) is 2.98. The van der Waals surface area contributed by atoms with Crippen molar-refractivity contribution in [1.82, 2.24) is 0 Å². The summed E-state index contributed by atoms with van der Waals surface area (Å²) in [5.41, 5.74) is 1.94. The van der Waals surface area contributed by atoms with E-state index in [1.807, 2.05) is 30.3 Å². The molecule has 0 fully saturated rings. The van der Waals surface area contributed by atoms with Crippen LogP contribution < -0.4 is 5.32 Å². The monoisotopic (exact) mass is 223 g/mol. The van der Waals surface area contributed by atoms with Crippen molar-refractivity contribution in [3.05, 3.63) is 42.5 Å². The molecule has 0 saturated carbocycles. The van der Waals surface area contributed by atoms with E-state index < -0.39 is 0 Å². The maximum Gasteiger partial charge on any atom is 0.225 e. The first-order valence-electron chi connectivity index (χ1n) is 4.82. The molecule has 2 nitrogen and oxygen atoms in total. The van der Waals surface area contributed by atoms with Gasteiger partial charge < -0.3 is 5.32 Å². The first kappa shape index (κ1) is 11.8. The molecule has 1 amide bonds. The highest BCUT2D eigenvalue weighted by Crippen LogP contribution is 2.11. The van der Waals surface area contributed by atoms with Crippen molar-refractivity contribution in [3.63, 3.8) is 0 Å². The van der Waals surface area contributed by atoms with Gasteiger partial charge in [0.05, 0.1) is 0 Å². The van der Waals surface area contributed by atoms with Crippen LogP contribution in [0.3, 0.4) is 0 Å². The number of nitrogens with one attached hydrogen (secondary N) is 1. The molecule has 3 heteroatoms. The normalized spacial score (nSPS) is 9.67. The number of hydrogen-bond acceptors (Lipinski definition) is 1. The van der Waals surface area contributed by atoms with Crippen LogP contribution in [0.5, 0.6) is 0 Å². The third-order valence-electron chi connectivity index (χ3n) is 1.91. The summed E-state index contributed by atoms with van der Waals surface area (Å²) in [4.78, 5) is 11.3. The number of amides is 1. The van der Waals surface area contributed by atoms with Gasteiger partial charge in [-0.05, 0) is 24.1 Å². The highest BCUT2D eigenvalue weighted by molar-refractivity contribution is 6.19. The second-order valence-corrected chi connectivity index (χ2v) is 3.56. The Labute approximate surface area is 94.9 Å². The van der Waals surface area contributed by atoms with Crippen molar-refractivity contribution in [3.8, 4) is 0 Å². The third kappa shape index (κ3) is 4.17. The molecular weight excluding hydrogens is 210 g/mol. The van der Waals surface area contributed by atoms with Crippen molar-refractivity contribution < 1.29 is 4.79 Å². The van der Waals surface area contributed by atoms with Gasteiger partial charge in [0.2, 0.25) is 5.91 Å². The van der Waals surface area contributed by atoms with Crippen LogP contribution in [0.4, 0.5) is 5.69 Å². The van der Waals surface area contributed by atoms with Crippen LogP contribution in [0.15, 0.2) is 36.9 Å². The topological polar surface area (TPSA) is 29.1 Å². The predicted molar refractivity (Wildman–Crippen MR) is 64.3 cm³/mol. The Kier molecular flexibility index (Phi) is 4.91. The van der Waals surface area contributed by atoms with Crippen molar-refractivity contribution in [2.45, 2.75) is 12.8 Å². The van der Waals surface area contributed by atoms with Gasteiger partial charge in [0, 0.05) is 18.0 Å². The summed E-state index contributed by atoms with van der Waals surface area (Å²) in [5, 5.41) is 2.78. The van der Waals surface area contributed by atoms with E-state index >= 15 is 0 Å². The van der Waals surface area contributed by atoms with Gasteiger partial charge in [-0.25, -0.2) is 0 Å². The fraction of sp³-hybridized carbons (Fsp3) is 0.250. The van der Waals surface area contributed by atoms with Gasteiger partial charge in [-0.2, -0.15) is 0 Å². The number of carbonyl (C=O) groups excluding carboxylic acids is 1. The lowest BCUT2D eigenvalue weighted by molar-refractivity contribution is -0.115. The number of anilines is 1. The zero-order chi connectivity index (χ0) is 11.1. The van der Waals surface area contributed by atoms with Gasteiger partial charge in [0.15, 0.2) is 0 Å². The highest BCUT2D eigenvalue weighted by Gasteiger charge is 2.01. The molecule has 0 saturated heterocycles. The Bertz CT molecular complexity index is 349. The number of hydrogen-bond donors (Lipinski definition) is 1. The summed E-state index contributed by atoms with van der Waals surface area (Å²) < 4.78 is 0. The maximum absolute atomic E-state index is 11.3. The SMILES string of the molecule is C=CCc1cccc(NC(=O)CCCl)c1. The smallest absolute Gasteiger partial charge is 0.225 e. The lowest BCUT2D eigenvalue weighted by Gasteiger charge is -2.05. The Hall–Kier alpha value is -1.28. The van der Waals surface area contributed by atoms with E-state index in [2.05, 4.69) is 11.9 Å². The number of halogens is 1. The van der Waals surface area contributed by atoms with Crippen molar-refractivity contribution in [2.24, 2.45) is 0 Å². The van der Waals surface area contributed by atoms with Gasteiger partial charge >= 0.3 is 0 Å². The van der Waals surface area contributed by atoms with E-state index in [9.17, 15) is 4.79 Å². The van der Waals surface area contributed by atoms with Crippen LogP contribution >= 0.6 is 11.6 Å². The summed E-state index contributed by atoms with van der Waals surface area (Å²) in [7, 11) is 0. The Morgan fingerprint density at radius 3 is 3.00 bits per heavy atom. The Morgan fingerprint density at radius 2 is 2.33 bits per heavy atom. The summed E-state index contributed by atoms with van der Waals surface area (Å²) in [6, 6.07) is 7.71. The summed E-state index contributed by atoms with van der Waals surface area (Å²) in [5.74, 6) is 0.291. The largest absolute Gasteiger partial charge is 0.326 e. The zero-order valence-electron chi connectivity index (χ0n) is 8.50. The van der Waals surface area contributed by atoms with Crippen LogP contribution in [0.25, 0.3) is 0 Å². The van der Waals surface area contributed by atoms with Crippen LogP contribution in [-0.4, -0.2) is 11.8 Å². The average Bonchev–Trinajstić information content (AvgIpc) is 2.19. The molecule has 15 heavy (non-hydrogen) atoms. The second kappa shape index (κ2) is 6.25. The van der Waals surface area contributed by atoms with E-state index in [1.54, 1.807) is 0 Å². The molecule has 0 unspecified atom stereocenters. The number of alkyl halides is 1. The van der Waals surface area contributed by atoms with Gasteiger partial charge in [-0.1, -0.05) is 18.2 Å². The molecule has 1 aromatic carbocycles. The Balaban J connectivity index is 2.64. The fourth-order valence-electron chi connectivity index (χ4n) is 1.25. The summed E-state index contributed by atoms with van der Waals surface area (Å²) >= 11 is 5.47. The minimum Gasteiger partial charge on any atom is -0.326 e. The first-order valence-corrected chi connectivity index (χ1v) is 5.35. The van der Waals surface area contributed by atoms with Crippen LogP contribution in [0.2, 0.25) is 0 Å². The van der Waals surface area contributed by atoms with Gasteiger partial charge in [-0.15, -0.1) is 18.2 Å².